The first kappa shape index (κ1) is 20.3. The molecule has 0 spiro atoms. The van der Waals surface area contributed by atoms with Crippen molar-refractivity contribution < 1.29 is 9.53 Å². The highest BCUT2D eigenvalue weighted by Crippen LogP contribution is 2.31. The minimum absolute atomic E-state index is 0.0203. The molecule has 4 rings (SSSR count). The van der Waals surface area contributed by atoms with Crippen LogP contribution in [0.15, 0.2) is 65.4 Å². The molecule has 1 aliphatic rings. The van der Waals surface area contributed by atoms with Crippen LogP contribution < -0.4 is 15.0 Å². The molecule has 0 aliphatic carbocycles. The summed E-state index contributed by atoms with van der Waals surface area (Å²) in [6.45, 7) is 3.42. The summed E-state index contributed by atoms with van der Waals surface area (Å²) in [5.74, 6) is 1.72. The molecule has 0 bridgehead atoms. The van der Waals surface area contributed by atoms with Crippen LogP contribution in [-0.4, -0.2) is 29.0 Å². The summed E-state index contributed by atoms with van der Waals surface area (Å²) in [5.41, 5.74) is 1.96. The van der Waals surface area contributed by atoms with E-state index in [-0.39, 0.29) is 11.8 Å². The Hall–Kier alpha value is -2.93. The molecule has 2 heterocycles. The lowest BCUT2D eigenvalue weighted by Crippen LogP contribution is -2.41. The zero-order chi connectivity index (χ0) is 20.9. The Morgan fingerprint density at radius 3 is 2.60 bits per heavy atom. The lowest BCUT2D eigenvalue weighted by atomic mass is 9.97. The molecular weight excluding hydrogens is 444 g/mol. The second kappa shape index (κ2) is 9.26. The third-order valence-electron chi connectivity index (χ3n) is 5.09. The smallest absolute Gasteiger partial charge is 0.263 e. The predicted octanol–water partition coefficient (Wildman–Crippen LogP) is 5.19. The Morgan fingerprint density at radius 1 is 1.10 bits per heavy atom. The van der Waals surface area contributed by atoms with E-state index in [1.807, 2.05) is 55.5 Å². The SMILES string of the molecule is Cc1ccc(Oc2nccnc2N2CCC[C@H](C(=O)Nc3ccc(Br)cc3)C2)cc1. The van der Waals surface area contributed by atoms with Crippen molar-refractivity contribution in [1.29, 1.82) is 0 Å². The highest BCUT2D eigenvalue weighted by molar-refractivity contribution is 9.10. The normalized spacial score (nSPS) is 16.2. The van der Waals surface area contributed by atoms with Gasteiger partial charge in [0, 0.05) is 35.6 Å². The summed E-state index contributed by atoms with van der Waals surface area (Å²) >= 11 is 3.41. The van der Waals surface area contributed by atoms with Gasteiger partial charge in [-0.2, -0.15) is 0 Å². The minimum Gasteiger partial charge on any atom is -0.436 e. The number of anilines is 2. The molecule has 1 aromatic heterocycles. The van der Waals surface area contributed by atoms with Gasteiger partial charge >= 0.3 is 0 Å². The number of halogens is 1. The number of hydrogen-bond donors (Lipinski definition) is 1. The highest BCUT2D eigenvalue weighted by atomic mass is 79.9. The van der Waals surface area contributed by atoms with E-state index in [0.717, 1.165) is 35.1 Å². The molecule has 7 heteroatoms. The van der Waals surface area contributed by atoms with Gasteiger partial charge in [-0.05, 0) is 56.2 Å². The van der Waals surface area contributed by atoms with E-state index in [9.17, 15) is 4.79 Å². The van der Waals surface area contributed by atoms with Crippen LogP contribution in [0.1, 0.15) is 18.4 Å². The lowest BCUT2D eigenvalue weighted by molar-refractivity contribution is -0.120. The van der Waals surface area contributed by atoms with Crippen LogP contribution in [0, 0.1) is 12.8 Å². The number of aryl methyl sites for hydroxylation is 1. The fourth-order valence-corrected chi connectivity index (χ4v) is 3.75. The number of carbonyl (C=O) groups is 1. The predicted molar refractivity (Wildman–Crippen MR) is 121 cm³/mol. The molecular formula is C23H23BrN4O2. The summed E-state index contributed by atoms with van der Waals surface area (Å²) in [4.78, 5) is 23.8. The Labute approximate surface area is 184 Å². The van der Waals surface area contributed by atoms with Crippen LogP contribution >= 0.6 is 15.9 Å². The van der Waals surface area contributed by atoms with E-state index in [1.165, 1.54) is 0 Å². The van der Waals surface area contributed by atoms with Crippen LogP contribution in [0.4, 0.5) is 11.5 Å². The number of nitrogens with zero attached hydrogens (tertiary/aromatic N) is 3. The summed E-state index contributed by atoms with van der Waals surface area (Å²) in [6.07, 6.45) is 5.02. The van der Waals surface area contributed by atoms with E-state index in [0.29, 0.717) is 24.0 Å². The van der Waals surface area contributed by atoms with Crippen molar-refractivity contribution in [2.24, 2.45) is 5.92 Å². The Morgan fingerprint density at radius 2 is 1.83 bits per heavy atom. The quantitative estimate of drug-likeness (QED) is 0.559. The third kappa shape index (κ3) is 4.97. The van der Waals surface area contributed by atoms with Crippen LogP contribution in [0.3, 0.4) is 0 Å². The summed E-state index contributed by atoms with van der Waals surface area (Å²) < 4.78 is 6.98. The average Bonchev–Trinajstić information content (AvgIpc) is 2.77. The van der Waals surface area contributed by atoms with Gasteiger partial charge < -0.3 is 15.0 Å². The van der Waals surface area contributed by atoms with Crippen LogP contribution in [0.2, 0.25) is 0 Å². The van der Waals surface area contributed by atoms with Gasteiger partial charge in [-0.1, -0.05) is 33.6 Å². The Bertz CT molecular complexity index is 1010. The zero-order valence-corrected chi connectivity index (χ0v) is 18.3. The number of carbonyl (C=O) groups excluding carboxylic acids is 1. The van der Waals surface area contributed by atoms with E-state index in [4.69, 9.17) is 4.74 Å². The van der Waals surface area contributed by atoms with Gasteiger partial charge in [-0.25, -0.2) is 9.97 Å². The van der Waals surface area contributed by atoms with Gasteiger partial charge in [0.25, 0.3) is 5.88 Å². The molecule has 30 heavy (non-hydrogen) atoms. The molecule has 154 valence electrons. The third-order valence-corrected chi connectivity index (χ3v) is 5.61. The number of piperidine rings is 1. The van der Waals surface area contributed by atoms with Gasteiger partial charge in [0.2, 0.25) is 5.91 Å². The van der Waals surface area contributed by atoms with Crippen LogP contribution in [-0.2, 0) is 4.79 Å². The van der Waals surface area contributed by atoms with E-state index < -0.39 is 0 Å². The van der Waals surface area contributed by atoms with Gasteiger partial charge in [0.15, 0.2) is 5.82 Å². The summed E-state index contributed by atoms with van der Waals surface area (Å²) in [5, 5.41) is 3.02. The standard InChI is InChI=1S/C23H23BrN4O2/c1-16-4-10-20(11-5-16)30-23-21(25-12-13-26-23)28-14-2-3-17(15-28)22(29)27-19-8-6-18(24)7-9-19/h4-13,17H,2-3,14-15H2,1H3,(H,27,29)/t17-/m0/s1. The van der Waals surface area contributed by atoms with Gasteiger partial charge in [0.1, 0.15) is 5.75 Å². The highest BCUT2D eigenvalue weighted by Gasteiger charge is 2.28. The molecule has 1 fully saturated rings. The molecule has 6 nitrogen and oxygen atoms in total. The van der Waals surface area contributed by atoms with Crippen molar-refractivity contribution in [1.82, 2.24) is 9.97 Å². The van der Waals surface area contributed by atoms with Gasteiger partial charge in [-0.15, -0.1) is 0 Å². The number of nitrogens with one attached hydrogen (secondary N) is 1. The molecule has 0 saturated carbocycles. The first-order valence-electron chi connectivity index (χ1n) is 9.95. The van der Waals surface area contributed by atoms with E-state index >= 15 is 0 Å². The molecule has 0 radical (unpaired) electrons. The topological polar surface area (TPSA) is 67.4 Å². The number of amides is 1. The Balaban J connectivity index is 1.47. The monoisotopic (exact) mass is 466 g/mol. The minimum atomic E-state index is -0.128. The van der Waals surface area contributed by atoms with Crippen LogP contribution in [0.25, 0.3) is 0 Å². The molecule has 1 saturated heterocycles. The van der Waals surface area contributed by atoms with E-state index in [1.54, 1.807) is 12.4 Å². The first-order chi connectivity index (χ1) is 14.6. The molecule has 0 unspecified atom stereocenters. The zero-order valence-electron chi connectivity index (χ0n) is 16.7. The van der Waals surface area contributed by atoms with Crippen molar-refractivity contribution >= 4 is 33.3 Å². The molecule has 1 atom stereocenters. The molecule has 1 aliphatic heterocycles. The molecule has 1 N–H and O–H groups in total. The maximum absolute atomic E-state index is 12.8. The second-order valence-corrected chi connectivity index (χ2v) is 8.30. The summed E-state index contributed by atoms with van der Waals surface area (Å²) in [6, 6.07) is 15.4. The van der Waals surface area contributed by atoms with E-state index in [2.05, 4.69) is 36.1 Å². The number of benzene rings is 2. The van der Waals surface area contributed by atoms with Gasteiger partial charge in [0.05, 0.1) is 5.92 Å². The van der Waals surface area contributed by atoms with Crippen molar-refractivity contribution in [3.63, 3.8) is 0 Å². The first-order valence-corrected chi connectivity index (χ1v) is 10.7. The number of hydrogen-bond acceptors (Lipinski definition) is 5. The second-order valence-electron chi connectivity index (χ2n) is 7.38. The number of ether oxygens (including phenoxy) is 1. The lowest BCUT2D eigenvalue weighted by Gasteiger charge is -2.33. The maximum atomic E-state index is 12.8. The largest absolute Gasteiger partial charge is 0.436 e. The van der Waals surface area contributed by atoms with Crippen molar-refractivity contribution in [2.45, 2.75) is 19.8 Å². The fourth-order valence-electron chi connectivity index (χ4n) is 3.49. The maximum Gasteiger partial charge on any atom is 0.263 e. The van der Waals surface area contributed by atoms with Gasteiger partial charge in [-0.3, -0.25) is 4.79 Å². The average molecular weight is 467 g/mol. The summed E-state index contributed by atoms with van der Waals surface area (Å²) in [7, 11) is 0. The Kier molecular flexibility index (Phi) is 6.28. The number of aromatic nitrogens is 2. The molecule has 3 aromatic rings. The fraction of sp³-hybridized carbons (Fsp3) is 0.261. The van der Waals surface area contributed by atoms with Crippen molar-refractivity contribution in [3.05, 3.63) is 71.0 Å². The van der Waals surface area contributed by atoms with Crippen LogP contribution in [0.5, 0.6) is 11.6 Å². The molecule has 1 amide bonds. The van der Waals surface area contributed by atoms with Crippen molar-refractivity contribution in [2.75, 3.05) is 23.3 Å². The number of rotatable bonds is 5. The molecule has 2 aromatic carbocycles. The van der Waals surface area contributed by atoms with Crippen molar-refractivity contribution in [3.8, 4) is 11.6 Å².